The van der Waals surface area contributed by atoms with Crippen molar-refractivity contribution in [1.29, 1.82) is 0 Å². The van der Waals surface area contributed by atoms with Crippen LogP contribution in [-0.4, -0.2) is 25.7 Å². The van der Waals surface area contributed by atoms with Crippen molar-refractivity contribution in [2.45, 2.75) is 35.4 Å². The number of benzene rings is 2. The number of sulfonamides is 1. The molecule has 0 aliphatic heterocycles. The minimum Gasteiger partial charge on any atom is -0.230 e. The molecule has 1 N–H and O–H groups in total. The van der Waals surface area contributed by atoms with Crippen LogP contribution >= 0.6 is 23.1 Å². The van der Waals surface area contributed by atoms with Crippen molar-refractivity contribution >= 4 is 43.3 Å². The van der Waals surface area contributed by atoms with Crippen LogP contribution < -0.4 is 4.72 Å². The Kier molecular flexibility index (Phi) is 6.69. The largest absolute Gasteiger partial charge is 0.240 e. The quantitative estimate of drug-likeness (QED) is 0.413. The molecule has 3 aromatic rings. The van der Waals surface area contributed by atoms with Crippen LogP contribution in [0.1, 0.15) is 25.3 Å². The van der Waals surface area contributed by atoms with Crippen molar-refractivity contribution in [3.05, 3.63) is 54.1 Å². The first-order valence-electron chi connectivity index (χ1n) is 8.65. The molecule has 138 valence electrons. The van der Waals surface area contributed by atoms with Gasteiger partial charge in [-0.15, -0.1) is 11.3 Å². The molecular weight excluding hydrogens is 384 g/mol. The fourth-order valence-electron chi connectivity index (χ4n) is 2.62. The normalized spacial score (nSPS) is 11.9. The monoisotopic (exact) mass is 406 g/mol. The summed E-state index contributed by atoms with van der Waals surface area (Å²) in [7, 11) is -3.48. The average Bonchev–Trinajstić information content (AvgIpc) is 3.04. The summed E-state index contributed by atoms with van der Waals surface area (Å²) in [4.78, 5) is 4.82. The van der Waals surface area contributed by atoms with Gasteiger partial charge in [-0.2, -0.15) is 0 Å². The maximum atomic E-state index is 12.5. The number of nitrogens with zero attached hydrogens (tertiary/aromatic N) is 1. The molecule has 0 bridgehead atoms. The summed E-state index contributed by atoms with van der Waals surface area (Å²) in [5.41, 5.74) is 2.14. The number of fused-ring (bicyclic) bond motifs is 1. The molecule has 7 heteroatoms. The number of hydrogen-bond acceptors (Lipinski definition) is 5. The maximum Gasteiger partial charge on any atom is 0.240 e. The fourth-order valence-corrected chi connectivity index (χ4v) is 5.80. The highest BCUT2D eigenvalue weighted by atomic mass is 32.2. The highest BCUT2D eigenvalue weighted by molar-refractivity contribution is 8.01. The molecule has 0 aliphatic carbocycles. The van der Waals surface area contributed by atoms with Gasteiger partial charge in [-0.25, -0.2) is 18.1 Å². The number of aryl methyl sites for hydroxylation is 1. The Bertz CT molecular complexity index is 953. The first kappa shape index (κ1) is 19.4. The lowest BCUT2D eigenvalue weighted by atomic mass is 10.1. The number of rotatable bonds is 9. The molecule has 26 heavy (non-hydrogen) atoms. The second kappa shape index (κ2) is 8.99. The molecule has 0 saturated heterocycles. The van der Waals surface area contributed by atoms with E-state index in [-0.39, 0.29) is 0 Å². The topological polar surface area (TPSA) is 59.1 Å². The summed E-state index contributed by atoms with van der Waals surface area (Å²) in [6.07, 6.45) is 2.74. The second-order valence-electron chi connectivity index (χ2n) is 5.88. The summed E-state index contributed by atoms with van der Waals surface area (Å²) in [5.74, 6) is 0.954. The molecule has 0 unspecified atom stereocenters. The number of hydrogen-bond donors (Lipinski definition) is 1. The minimum atomic E-state index is -3.48. The molecule has 0 radical (unpaired) electrons. The Labute approximate surface area is 163 Å². The van der Waals surface area contributed by atoms with Gasteiger partial charge in [0.25, 0.3) is 0 Å². The average molecular weight is 407 g/mol. The predicted octanol–water partition coefficient (Wildman–Crippen LogP) is 4.71. The third-order valence-electron chi connectivity index (χ3n) is 3.95. The number of nitrogens with one attached hydrogen (secondary N) is 1. The molecule has 4 nitrogen and oxygen atoms in total. The zero-order valence-corrected chi connectivity index (χ0v) is 17.1. The Morgan fingerprint density at radius 1 is 1.12 bits per heavy atom. The third-order valence-corrected chi connectivity index (χ3v) is 7.45. The molecule has 2 aromatic carbocycles. The van der Waals surface area contributed by atoms with Gasteiger partial charge in [-0.3, -0.25) is 0 Å². The number of thiazole rings is 1. The van der Waals surface area contributed by atoms with E-state index in [2.05, 4.69) is 28.8 Å². The standard InChI is InChI=1S/C19H22N2O2S3/c1-2-24-19-21-17-12-11-16(14-18(17)25-19)26(22,23)20-13-7-6-10-15-8-4-3-5-9-15/h3-5,8-9,11-12,14,20H,2,6-7,10,13H2,1H3. The molecule has 0 amide bonds. The fraction of sp³-hybridized carbons (Fsp3) is 0.316. The van der Waals surface area contributed by atoms with E-state index in [4.69, 9.17) is 0 Å². The number of unbranched alkanes of at least 4 members (excludes halogenated alkanes) is 1. The van der Waals surface area contributed by atoms with Crippen molar-refractivity contribution in [2.75, 3.05) is 12.3 Å². The molecule has 1 aromatic heterocycles. The van der Waals surface area contributed by atoms with E-state index >= 15 is 0 Å². The number of aromatic nitrogens is 1. The van der Waals surface area contributed by atoms with Crippen LogP contribution in [0, 0.1) is 0 Å². The lowest BCUT2D eigenvalue weighted by Crippen LogP contribution is -2.24. The molecular formula is C19H22N2O2S3. The highest BCUT2D eigenvalue weighted by Gasteiger charge is 2.15. The van der Waals surface area contributed by atoms with Crippen LogP contribution in [0.15, 0.2) is 57.8 Å². The predicted molar refractivity (Wildman–Crippen MR) is 111 cm³/mol. The van der Waals surface area contributed by atoms with E-state index in [0.29, 0.717) is 11.4 Å². The van der Waals surface area contributed by atoms with Crippen LogP contribution in [0.2, 0.25) is 0 Å². The van der Waals surface area contributed by atoms with Crippen LogP contribution in [0.25, 0.3) is 10.2 Å². The van der Waals surface area contributed by atoms with Gasteiger partial charge in [0, 0.05) is 6.54 Å². The molecule has 0 saturated carbocycles. The SMILES string of the molecule is CCSc1nc2ccc(S(=O)(=O)NCCCCc3ccccc3)cc2s1. The second-order valence-corrected chi connectivity index (χ2v) is 10.2. The van der Waals surface area contributed by atoms with Crippen LogP contribution in [0.5, 0.6) is 0 Å². The van der Waals surface area contributed by atoms with Crippen molar-refractivity contribution in [3.8, 4) is 0 Å². The molecule has 0 atom stereocenters. The summed E-state index contributed by atoms with van der Waals surface area (Å²) in [6.45, 7) is 2.53. The van der Waals surface area contributed by atoms with E-state index in [1.807, 2.05) is 18.2 Å². The lowest BCUT2D eigenvalue weighted by Gasteiger charge is -2.07. The zero-order chi connectivity index (χ0) is 18.4. The van der Waals surface area contributed by atoms with E-state index < -0.39 is 10.0 Å². The van der Waals surface area contributed by atoms with Gasteiger partial charge in [0.05, 0.1) is 15.1 Å². The van der Waals surface area contributed by atoms with Gasteiger partial charge < -0.3 is 0 Å². The third kappa shape index (κ3) is 5.07. The molecule has 1 heterocycles. The summed E-state index contributed by atoms with van der Waals surface area (Å²) >= 11 is 3.22. The van der Waals surface area contributed by atoms with Gasteiger partial charge in [0.15, 0.2) is 4.34 Å². The van der Waals surface area contributed by atoms with Crippen LogP contribution in [0.4, 0.5) is 0 Å². The Balaban J connectivity index is 1.56. The Hall–Kier alpha value is -1.41. The lowest BCUT2D eigenvalue weighted by molar-refractivity contribution is 0.577. The molecule has 0 spiro atoms. The highest BCUT2D eigenvalue weighted by Crippen LogP contribution is 2.30. The van der Waals surface area contributed by atoms with Gasteiger partial charge in [-0.1, -0.05) is 49.0 Å². The van der Waals surface area contributed by atoms with E-state index in [0.717, 1.165) is 39.6 Å². The van der Waals surface area contributed by atoms with Gasteiger partial charge in [0.1, 0.15) is 0 Å². The van der Waals surface area contributed by atoms with E-state index in [9.17, 15) is 8.42 Å². The van der Waals surface area contributed by atoms with Crippen molar-refractivity contribution in [3.63, 3.8) is 0 Å². The van der Waals surface area contributed by atoms with Gasteiger partial charge in [0.2, 0.25) is 10.0 Å². The maximum absolute atomic E-state index is 12.5. The van der Waals surface area contributed by atoms with Crippen molar-refractivity contribution < 1.29 is 8.42 Å². The zero-order valence-electron chi connectivity index (χ0n) is 14.6. The smallest absolute Gasteiger partial charge is 0.230 e. The van der Waals surface area contributed by atoms with Crippen molar-refractivity contribution in [2.24, 2.45) is 0 Å². The van der Waals surface area contributed by atoms with E-state index in [1.165, 1.54) is 5.56 Å². The van der Waals surface area contributed by atoms with E-state index in [1.54, 1.807) is 41.3 Å². The Morgan fingerprint density at radius 3 is 2.69 bits per heavy atom. The van der Waals surface area contributed by atoms with Crippen molar-refractivity contribution in [1.82, 2.24) is 9.71 Å². The summed E-state index contributed by atoms with van der Waals surface area (Å²) < 4.78 is 29.6. The molecule has 0 aliphatic rings. The molecule has 3 rings (SSSR count). The first-order chi connectivity index (χ1) is 12.6. The number of thioether (sulfide) groups is 1. The Morgan fingerprint density at radius 2 is 1.92 bits per heavy atom. The van der Waals surface area contributed by atoms with Crippen LogP contribution in [-0.2, 0) is 16.4 Å². The minimum absolute atomic E-state index is 0.310. The van der Waals surface area contributed by atoms with Gasteiger partial charge in [-0.05, 0) is 48.8 Å². The summed E-state index contributed by atoms with van der Waals surface area (Å²) in [6, 6.07) is 15.4. The molecule has 0 fully saturated rings. The van der Waals surface area contributed by atoms with Crippen LogP contribution in [0.3, 0.4) is 0 Å². The summed E-state index contributed by atoms with van der Waals surface area (Å²) in [5, 5.41) is 0. The first-order valence-corrected chi connectivity index (χ1v) is 11.9. The van der Waals surface area contributed by atoms with Gasteiger partial charge >= 0.3 is 0 Å².